The predicted octanol–water partition coefficient (Wildman–Crippen LogP) is 2.65. The fourth-order valence-electron chi connectivity index (χ4n) is 2.09. The SMILES string of the molecule is [O-][n+]1ccccc1CON1CCN/C1=N\c1ccc(Cl)cc1Cl. The number of hydrogen-bond acceptors (Lipinski definition) is 3. The van der Waals surface area contributed by atoms with Gasteiger partial charge in [0.1, 0.15) is 0 Å². The second kappa shape index (κ2) is 7.04. The quantitative estimate of drug-likeness (QED) is 0.678. The average molecular weight is 353 g/mol. The number of aromatic nitrogens is 1. The largest absolute Gasteiger partial charge is 0.618 e. The number of benzene rings is 1. The van der Waals surface area contributed by atoms with Crippen LogP contribution in [0.25, 0.3) is 0 Å². The summed E-state index contributed by atoms with van der Waals surface area (Å²) in [5.74, 6) is 0.544. The van der Waals surface area contributed by atoms with Crippen molar-refractivity contribution < 1.29 is 9.57 Å². The molecule has 1 aliphatic heterocycles. The molecule has 1 aromatic carbocycles. The summed E-state index contributed by atoms with van der Waals surface area (Å²) >= 11 is 12.0. The van der Waals surface area contributed by atoms with E-state index in [0.29, 0.717) is 40.5 Å². The summed E-state index contributed by atoms with van der Waals surface area (Å²) < 4.78 is 0.774. The van der Waals surface area contributed by atoms with Crippen molar-refractivity contribution >= 4 is 34.8 Å². The first-order valence-electron chi connectivity index (χ1n) is 6.98. The molecule has 0 unspecified atom stereocenters. The Morgan fingerprint density at radius 3 is 2.96 bits per heavy atom. The van der Waals surface area contributed by atoms with Crippen LogP contribution >= 0.6 is 23.2 Å². The second-order valence-electron chi connectivity index (χ2n) is 4.85. The predicted molar refractivity (Wildman–Crippen MR) is 88.5 cm³/mol. The van der Waals surface area contributed by atoms with Crippen LogP contribution in [0.3, 0.4) is 0 Å². The number of aliphatic imine (C=N–C) groups is 1. The molecule has 2 heterocycles. The van der Waals surface area contributed by atoms with Gasteiger partial charge in [-0.15, -0.1) is 0 Å². The highest BCUT2D eigenvalue weighted by Gasteiger charge is 2.20. The zero-order valence-electron chi connectivity index (χ0n) is 12.1. The minimum atomic E-state index is 0.152. The van der Waals surface area contributed by atoms with Crippen molar-refractivity contribution in [1.29, 1.82) is 0 Å². The van der Waals surface area contributed by atoms with Gasteiger partial charge in [-0.05, 0) is 24.3 Å². The number of pyridine rings is 1. The van der Waals surface area contributed by atoms with Crippen molar-refractivity contribution in [1.82, 2.24) is 10.4 Å². The smallest absolute Gasteiger partial charge is 0.223 e. The van der Waals surface area contributed by atoms with Gasteiger partial charge in [-0.1, -0.05) is 23.2 Å². The molecule has 0 radical (unpaired) electrons. The van der Waals surface area contributed by atoms with Crippen molar-refractivity contribution in [2.45, 2.75) is 6.61 Å². The van der Waals surface area contributed by atoms with Crippen LogP contribution in [0.1, 0.15) is 5.69 Å². The van der Waals surface area contributed by atoms with E-state index in [4.69, 9.17) is 28.0 Å². The average Bonchev–Trinajstić information content (AvgIpc) is 2.96. The lowest BCUT2D eigenvalue weighted by atomic mass is 10.3. The molecule has 1 fully saturated rings. The Bertz CT molecular complexity index is 739. The highest BCUT2D eigenvalue weighted by atomic mass is 35.5. The Hall–Kier alpha value is -2.02. The fourth-order valence-corrected chi connectivity index (χ4v) is 2.54. The van der Waals surface area contributed by atoms with Crippen LogP contribution in [-0.2, 0) is 11.4 Å². The van der Waals surface area contributed by atoms with Crippen molar-refractivity contribution in [2.24, 2.45) is 4.99 Å². The zero-order chi connectivity index (χ0) is 16.2. The molecule has 0 atom stereocenters. The van der Waals surface area contributed by atoms with E-state index < -0.39 is 0 Å². The van der Waals surface area contributed by atoms with Gasteiger partial charge in [-0.25, -0.2) is 10.1 Å². The van der Waals surface area contributed by atoms with Crippen LogP contribution in [0.15, 0.2) is 47.6 Å². The Balaban J connectivity index is 1.72. The normalized spacial score (nSPS) is 15.9. The van der Waals surface area contributed by atoms with Gasteiger partial charge in [0.25, 0.3) is 0 Å². The van der Waals surface area contributed by atoms with E-state index in [1.54, 1.807) is 41.5 Å². The summed E-state index contributed by atoms with van der Waals surface area (Å²) in [6.45, 7) is 1.46. The lowest BCUT2D eigenvalue weighted by molar-refractivity contribution is -0.617. The minimum Gasteiger partial charge on any atom is -0.618 e. The molecule has 23 heavy (non-hydrogen) atoms. The van der Waals surface area contributed by atoms with E-state index in [-0.39, 0.29) is 6.61 Å². The third kappa shape index (κ3) is 3.85. The molecule has 3 rings (SSSR count). The number of nitrogens with zero attached hydrogens (tertiary/aromatic N) is 3. The fraction of sp³-hybridized carbons (Fsp3) is 0.200. The minimum absolute atomic E-state index is 0.152. The summed E-state index contributed by atoms with van der Waals surface area (Å²) in [4.78, 5) is 10.1. The highest BCUT2D eigenvalue weighted by Crippen LogP contribution is 2.28. The molecule has 0 aliphatic carbocycles. The summed E-state index contributed by atoms with van der Waals surface area (Å²) in [6, 6.07) is 10.3. The van der Waals surface area contributed by atoms with Gasteiger partial charge in [0.15, 0.2) is 12.8 Å². The molecule has 0 saturated carbocycles. The Labute approximate surface area is 143 Å². The lowest BCUT2D eigenvalue weighted by Gasteiger charge is -2.16. The van der Waals surface area contributed by atoms with Crippen molar-refractivity contribution in [3.8, 4) is 0 Å². The number of halogens is 2. The van der Waals surface area contributed by atoms with Crippen molar-refractivity contribution in [3.05, 3.63) is 63.5 Å². The van der Waals surface area contributed by atoms with Crippen LogP contribution in [-0.4, -0.2) is 24.1 Å². The van der Waals surface area contributed by atoms with Crippen molar-refractivity contribution in [2.75, 3.05) is 13.1 Å². The number of hydrogen-bond donors (Lipinski definition) is 1. The van der Waals surface area contributed by atoms with Gasteiger partial charge in [0, 0.05) is 23.7 Å². The molecule has 0 spiro atoms. The number of hydroxylamine groups is 2. The molecule has 6 nitrogen and oxygen atoms in total. The zero-order valence-corrected chi connectivity index (χ0v) is 13.6. The van der Waals surface area contributed by atoms with Crippen LogP contribution < -0.4 is 10.0 Å². The van der Waals surface area contributed by atoms with E-state index in [9.17, 15) is 5.21 Å². The molecule has 1 N–H and O–H groups in total. The van der Waals surface area contributed by atoms with E-state index in [2.05, 4.69) is 10.3 Å². The van der Waals surface area contributed by atoms with Gasteiger partial charge >= 0.3 is 0 Å². The third-order valence-electron chi connectivity index (χ3n) is 3.24. The van der Waals surface area contributed by atoms with E-state index in [0.717, 1.165) is 4.73 Å². The van der Waals surface area contributed by atoms with Gasteiger partial charge in [-0.2, -0.15) is 4.73 Å². The second-order valence-corrected chi connectivity index (χ2v) is 5.69. The van der Waals surface area contributed by atoms with Crippen LogP contribution in [0.2, 0.25) is 10.0 Å². The first-order chi connectivity index (χ1) is 11.1. The van der Waals surface area contributed by atoms with Crippen molar-refractivity contribution in [3.63, 3.8) is 0 Å². The van der Waals surface area contributed by atoms with Gasteiger partial charge in [-0.3, -0.25) is 4.84 Å². The molecule has 0 amide bonds. The van der Waals surface area contributed by atoms with Crippen LogP contribution in [0.4, 0.5) is 5.69 Å². The first-order valence-corrected chi connectivity index (χ1v) is 7.74. The van der Waals surface area contributed by atoms with Gasteiger partial charge < -0.3 is 10.5 Å². The standard InChI is InChI=1S/C15H14Cl2N4O2/c16-11-4-5-14(13(17)9-11)19-15-18-6-8-21(15)23-10-12-3-1-2-7-20(12)22/h1-5,7,9H,6,8,10H2,(H,18,19). The highest BCUT2D eigenvalue weighted by molar-refractivity contribution is 6.36. The van der Waals surface area contributed by atoms with E-state index >= 15 is 0 Å². The molecule has 8 heteroatoms. The van der Waals surface area contributed by atoms with Gasteiger partial charge in [0.05, 0.1) is 17.3 Å². The summed E-state index contributed by atoms with van der Waals surface area (Å²) in [7, 11) is 0. The Morgan fingerprint density at radius 1 is 1.30 bits per heavy atom. The molecular formula is C15H14Cl2N4O2. The Kier molecular flexibility index (Phi) is 4.85. The molecule has 1 aliphatic rings. The Morgan fingerprint density at radius 2 is 2.17 bits per heavy atom. The summed E-state index contributed by atoms with van der Waals surface area (Å²) in [5.41, 5.74) is 1.11. The number of guanidine groups is 1. The molecule has 120 valence electrons. The maximum atomic E-state index is 11.6. The number of rotatable bonds is 4. The van der Waals surface area contributed by atoms with E-state index in [1.807, 2.05) is 0 Å². The van der Waals surface area contributed by atoms with E-state index in [1.165, 1.54) is 6.20 Å². The molecular weight excluding hydrogens is 339 g/mol. The topological polar surface area (TPSA) is 63.8 Å². The van der Waals surface area contributed by atoms with Gasteiger partial charge in [0.2, 0.25) is 11.7 Å². The lowest BCUT2D eigenvalue weighted by Crippen LogP contribution is -2.35. The first kappa shape index (κ1) is 15.9. The molecule has 1 aromatic heterocycles. The summed E-state index contributed by atoms with van der Waals surface area (Å²) in [6.07, 6.45) is 1.43. The van der Waals surface area contributed by atoms with Crippen LogP contribution in [0.5, 0.6) is 0 Å². The summed E-state index contributed by atoms with van der Waals surface area (Å²) in [5, 5.41) is 17.4. The monoisotopic (exact) mass is 352 g/mol. The third-order valence-corrected chi connectivity index (χ3v) is 3.78. The molecule has 1 saturated heterocycles. The maximum absolute atomic E-state index is 11.6. The van der Waals surface area contributed by atoms with Crippen LogP contribution in [0, 0.1) is 5.21 Å². The molecule has 2 aromatic rings. The molecule has 0 bridgehead atoms. The maximum Gasteiger partial charge on any atom is 0.223 e. The number of nitrogens with one attached hydrogen (secondary N) is 1.